The van der Waals surface area contributed by atoms with Gasteiger partial charge in [0.05, 0.1) is 6.04 Å². The minimum absolute atomic E-state index is 0.226. The summed E-state index contributed by atoms with van der Waals surface area (Å²) in [7, 11) is 4.17. The van der Waals surface area contributed by atoms with Gasteiger partial charge in [0.2, 0.25) is 0 Å². The molecule has 1 atom stereocenters. The van der Waals surface area contributed by atoms with Crippen LogP contribution in [0.1, 0.15) is 28.9 Å². The van der Waals surface area contributed by atoms with Crippen LogP contribution in [-0.4, -0.2) is 40.5 Å². The number of nitrogens with one attached hydrogen (secondary N) is 1. The van der Waals surface area contributed by atoms with E-state index in [9.17, 15) is 0 Å². The normalized spacial score (nSPS) is 12.8. The lowest BCUT2D eigenvalue weighted by Crippen LogP contribution is -2.27. The summed E-state index contributed by atoms with van der Waals surface area (Å²) < 4.78 is 5.53. The third-order valence-electron chi connectivity index (χ3n) is 4.11. The molecule has 0 radical (unpaired) electrons. The Hall–Kier alpha value is -2.47. The molecule has 0 aliphatic heterocycles. The monoisotopic (exact) mass is 325 g/mol. The van der Waals surface area contributed by atoms with E-state index in [1.807, 2.05) is 13.8 Å². The van der Waals surface area contributed by atoms with Gasteiger partial charge in [-0.1, -0.05) is 24.3 Å². The number of anilines is 1. The van der Waals surface area contributed by atoms with E-state index in [2.05, 4.69) is 70.5 Å². The molecule has 6 heteroatoms. The fraction of sp³-hybridized carbons (Fsp3) is 0.389. The summed E-state index contributed by atoms with van der Waals surface area (Å²) in [5, 5.41) is 3.43. The maximum atomic E-state index is 5.53. The average molecular weight is 325 g/mol. The summed E-state index contributed by atoms with van der Waals surface area (Å²) in [5.74, 6) is 1.98. The lowest BCUT2D eigenvalue weighted by molar-refractivity contribution is 0.310. The summed E-state index contributed by atoms with van der Waals surface area (Å²) in [5.41, 5.74) is 3.79. The van der Waals surface area contributed by atoms with Gasteiger partial charge in [0, 0.05) is 13.5 Å². The molecule has 24 heavy (non-hydrogen) atoms. The number of aryl methyl sites for hydroxylation is 3. The Balaban J connectivity index is 1.89. The van der Waals surface area contributed by atoms with Gasteiger partial charge in [0.25, 0.3) is 5.71 Å². The van der Waals surface area contributed by atoms with Gasteiger partial charge in [0.1, 0.15) is 5.82 Å². The highest BCUT2D eigenvalue weighted by molar-refractivity contribution is 5.81. The molecule has 0 saturated carbocycles. The summed E-state index contributed by atoms with van der Waals surface area (Å²) in [4.78, 5) is 15.4. The van der Waals surface area contributed by atoms with Gasteiger partial charge in [-0.15, -0.1) is 0 Å². The van der Waals surface area contributed by atoms with Crippen LogP contribution in [0.5, 0.6) is 0 Å². The van der Waals surface area contributed by atoms with Crippen LogP contribution in [0.4, 0.5) is 5.82 Å². The number of hydrogen-bond donors (Lipinski definition) is 1. The second-order valence-corrected chi connectivity index (χ2v) is 6.22. The second kappa shape index (κ2) is 6.57. The van der Waals surface area contributed by atoms with Crippen LogP contribution in [-0.2, 0) is 0 Å². The van der Waals surface area contributed by atoms with Gasteiger partial charge in [-0.2, -0.15) is 4.98 Å². The van der Waals surface area contributed by atoms with Crippen molar-refractivity contribution >= 4 is 17.0 Å². The molecule has 0 aliphatic rings. The predicted octanol–water partition coefficient (Wildman–Crippen LogP) is 3.26. The van der Waals surface area contributed by atoms with Crippen molar-refractivity contribution in [3.8, 4) is 0 Å². The van der Waals surface area contributed by atoms with E-state index >= 15 is 0 Å². The zero-order valence-electron chi connectivity index (χ0n) is 14.8. The van der Waals surface area contributed by atoms with Crippen molar-refractivity contribution in [2.75, 3.05) is 26.0 Å². The number of fused-ring (bicyclic) bond motifs is 1. The minimum Gasteiger partial charge on any atom is -0.422 e. The topological polar surface area (TPSA) is 67.1 Å². The lowest BCUT2D eigenvalue weighted by atomic mass is 10.0. The van der Waals surface area contributed by atoms with Crippen LogP contribution in [0.2, 0.25) is 0 Å². The molecule has 126 valence electrons. The molecule has 3 rings (SSSR count). The molecular weight excluding hydrogens is 302 g/mol. The molecule has 0 spiro atoms. The fourth-order valence-electron chi connectivity index (χ4n) is 2.88. The Kier molecular flexibility index (Phi) is 4.49. The standard InChI is InChI=1S/C18H23N5O/c1-11-8-6-7-9-14(11)15(23(4)5)10-19-17-16-18(21-12(2)20-17)24-13(3)22-16/h6-9,15H,10H2,1-5H3,(H,19,20,21)/t15-/m1/s1. The largest absolute Gasteiger partial charge is 0.422 e. The molecule has 0 fully saturated rings. The number of benzene rings is 1. The Morgan fingerprint density at radius 1 is 1.08 bits per heavy atom. The molecule has 0 unspecified atom stereocenters. The Labute approximate surface area is 141 Å². The molecule has 1 N–H and O–H groups in total. The first-order valence-corrected chi connectivity index (χ1v) is 8.03. The van der Waals surface area contributed by atoms with E-state index in [1.54, 1.807) is 0 Å². The fourth-order valence-corrected chi connectivity index (χ4v) is 2.88. The highest BCUT2D eigenvalue weighted by Gasteiger charge is 2.18. The summed E-state index contributed by atoms with van der Waals surface area (Å²) >= 11 is 0. The average Bonchev–Trinajstić information content (AvgIpc) is 2.88. The molecule has 1 aromatic carbocycles. The molecule has 6 nitrogen and oxygen atoms in total. The maximum absolute atomic E-state index is 5.53. The van der Waals surface area contributed by atoms with Gasteiger partial charge < -0.3 is 14.6 Å². The SMILES string of the molecule is Cc1nc(NC[C@H](c2ccccc2C)N(C)C)c2nc(C)oc2n1. The van der Waals surface area contributed by atoms with E-state index in [0.29, 0.717) is 22.9 Å². The van der Waals surface area contributed by atoms with Crippen molar-refractivity contribution in [3.05, 3.63) is 47.1 Å². The molecule has 2 aromatic heterocycles. The third-order valence-corrected chi connectivity index (χ3v) is 4.11. The van der Waals surface area contributed by atoms with E-state index in [0.717, 1.165) is 12.4 Å². The number of oxazole rings is 1. The molecule has 2 heterocycles. The van der Waals surface area contributed by atoms with Crippen molar-refractivity contribution in [2.24, 2.45) is 0 Å². The zero-order valence-corrected chi connectivity index (χ0v) is 14.8. The third kappa shape index (κ3) is 3.23. The summed E-state index contributed by atoms with van der Waals surface area (Å²) in [6.45, 7) is 6.53. The first-order chi connectivity index (χ1) is 11.5. The van der Waals surface area contributed by atoms with Crippen molar-refractivity contribution in [1.29, 1.82) is 0 Å². The highest BCUT2D eigenvalue weighted by Crippen LogP contribution is 2.25. The molecule has 3 aromatic rings. The number of likely N-dealkylation sites (N-methyl/N-ethyl adjacent to an activating group) is 1. The molecule has 0 aliphatic carbocycles. The Bertz CT molecular complexity index is 856. The maximum Gasteiger partial charge on any atom is 0.252 e. The van der Waals surface area contributed by atoms with E-state index in [-0.39, 0.29) is 6.04 Å². The van der Waals surface area contributed by atoms with Gasteiger partial charge in [-0.05, 0) is 39.1 Å². The summed E-state index contributed by atoms with van der Waals surface area (Å²) in [6, 6.07) is 8.67. The minimum atomic E-state index is 0.226. The van der Waals surface area contributed by atoms with Crippen LogP contribution in [0.25, 0.3) is 11.2 Å². The molecule has 0 saturated heterocycles. The summed E-state index contributed by atoms with van der Waals surface area (Å²) in [6.07, 6.45) is 0. The first-order valence-electron chi connectivity index (χ1n) is 8.03. The van der Waals surface area contributed by atoms with E-state index in [4.69, 9.17) is 4.42 Å². The molecule has 0 amide bonds. The van der Waals surface area contributed by atoms with Crippen molar-refractivity contribution < 1.29 is 4.42 Å². The second-order valence-electron chi connectivity index (χ2n) is 6.22. The Morgan fingerprint density at radius 3 is 2.54 bits per heavy atom. The van der Waals surface area contributed by atoms with Gasteiger partial charge in [-0.25, -0.2) is 9.97 Å². The van der Waals surface area contributed by atoms with E-state index < -0.39 is 0 Å². The van der Waals surface area contributed by atoms with Crippen LogP contribution in [0.3, 0.4) is 0 Å². The zero-order chi connectivity index (χ0) is 17.3. The van der Waals surface area contributed by atoms with Crippen LogP contribution >= 0.6 is 0 Å². The van der Waals surface area contributed by atoms with Gasteiger partial charge in [-0.3, -0.25) is 0 Å². The van der Waals surface area contributed by atoms with Crippen LogP contribution in [0.15, 0.2) is 28.7 Å². The van der Waals surface area contributed by atoms with Crippen LogP contribution in [0, 0.1) is 20.8 Å². The lowest BCUT2D eigenvalue weighted by Gasteiger charge is -2.26. The van der Waals surface area contributed by atoms with E-state index in [1.165, 1.54) is 11.1 Å². The smallest absolute Gasteiger partial charge is 0.252 e. The van der Waals surface area contributed by atoms with Gasteiger partial charge >= 0.3 is 0 Å². The molecular formula is C18H23N5O. The molecule has 0 bridgehead atoms. The van der Waals surface area contributed by atoms with Gasteiger partial charge in [0.15, 0.2) is 17.2 Å². The first kappa shape index (κ1) is 16.4. The van der Waals surface area contributed by atoms with Crippen molar-refractivity contribution in [2.45, 2.75) is 26.8 Å². The number of nitrogens with zero attached hydrogens (tertiary/aromatic N) is 4. The van der Waals surface area contributed by atoms with Crippen LogP contribution < -0.4 is 5.32 Å². The Morgan fingerprint density at radius 2 is 1.83 bits per heavy atom. The van der Waals surface area contributed by atoms with Crippen molar-refractivity contribution in [1.82, 2.24) is 19.9 Å². The van der Waals surface area contributed by atoms with Crippen molar-refractivity contribution in [3.63, 3.8) is 0 Å². The number of rotatable bonds is 5. The quantitative estimate of drug-likeness (QED) is 0.776. The number of hydrogen-bond acceptors (Lipinski definition) is 6. The predicted molar refractivity (Wildman–Crippen MR) is 95.2 cm³/mol. The highest BCUT2D eigenvalue weighted by atomic mass is 16.4. The number of aromatic nitrogens is 3.